The Labute approximate surface area is 108 Å². The molecule has 1 aromatic heterocycles. The second-order valence-corrected chi connectivity index (χ2v) is 4.94. The minimum Gasteiger partial charge on any atom is -0.370 e. The molecule has 0 unspecified atom stereocenters. The van der Waals surface area contributed by atoms with Crippen molar-refractivity contribution >= 4 is 17.5 Å². The van der Waals surface area contributed by atoms with Gasteiger partial charge in [-0.25, -0.2) is 4.98 Å². The number of nitrogens with one attached hydrogen (secondary N) is 2. The van der Waals surface area contributed by atoms with E-state index >= 15 is 0 Å². The fourth-order valence-electron chi connectivity index (χ4n) is 1.28. The molecule has 5 nitrogen and oxygen atoms in total. The summed E-state index contributed by atoms with van der Waals surface area (Å²) < 4.78 is 0. The molecule has 0 saturated heterocycles. The summed E-state index contributed by atoms with van der Waals surface area (Å²) in [4.78, 5) is 15.6. The van der Waals surface area contributed by atoms with Crippen LogP contribution in [0.4, 0.5) is 11.6 Å². The second kappa shape index (κ2) is 6.23. The van der Waals surface area contributed by atoms with Crippen molar-refractivity contribution < 1.29 is 4.79 Å². The first-order valence-electron chi connectivity index (χ1n) is 6.20. The maximum atomic E-state index is 11.2. The summed E-state index contributed by atoms with van der Waals surface area (Å²) in [6, 6.07) is 5.71. The zero-order valence-electron chi connectivity index (χ0n) is 11.3. The van der Waals surface area contributed by atoms with E-state index in [4.69, 9.17) is 5.73 Å². The Hall–Kier alpha value is -1.78. The first kappa shape index (κ1) is 14.3. The summed E-state index contributed by atoms with van der Waals surface area (Å²) in [5, 5.41) is 6.34. The Morgan fingerprint density at radius 2 is 1.94 bits per heavy atom. The van der Waals surface area contributed by atoms with Crippen LogP contribution in [0.15, 0.2) is 18.2 Å². The summed E-state index contributed by atoms with van der Waals surface area (Å²) in [6.45, 7) is 7.07. The van der Waals surface area contributed by atoms with Crippen molar-refractivity contribution in [2.24, 2.45) is 11.1 Å². The van der Waals surface area contributed by atoms with Gasteiger partial charge < -0.3 is 16.4 Å². The van der Waals surface area contributed by atoms with Gasteiger partial charge in [-0.05, 0) is 32.4 Å². The van der Waals surface area contributed by atoms with Gasteiger partial charge in [-0.3, -0.25) is 4.79 Å². The van der Waals surface area contributed by atoms with Crippen molar-refractivity contribution in [1.29, 1.82) is 0 Å². The van der Waals surface area contributed by atoms with Crippen LogP contribution in [0.25, 0.3) is 0 Å². The van der Waals surface area contributed by atoms with Gasteiger partial charge >= 0.3 is 0 Å². The Morgan fingerprint density at radius 3 is 2.50 bits per heavy atom. The molecule has 0 fully saturated rings. The lowest BCUT2D eigenvalue weighted by Gasteiger charge is -2.21. The van der Waals surface area contributed by atoms with Gasteiger partial charge in [0.25, 0.3) is 0 Å². The Bertz CT molecular complexity index is 404. The predicted octanol–water partition coefficient (Wildman–Crippen LogP) is 1.83. The molecule has 0 atom stereocenters. The van der Waals surface area contributed by atoms with Crippen LogP contribution < -0.4 is 16.4 Å². The summed E-state index contributed by atoms with van der Waals surface area (Å²) in [7, 11) is 0. The average molecular weight is 250 g/mol. The zero-order chi connectivity index (χ0) is 13.6. The number of nitrogens with two attached hydrogens (primary N) is 1. The lowest BCUT2D eigenvalue weighted by atomic mass is 9.93. The lowest BCUT2D eigenvalue weighted by molar-refractivity contribution is -0.125. The highest BCUT2D eigenvalue weighted by atomic mass is 16.1. The van der Waals surface area contributed by atoms with Crippen LogP contribution in [0, 0.1) is 5.41 Å². The standard InChI is InChI=1S/C13H22N4O/c1-4-8-15-10-6-5-7-11(17-10)16-9-13(2,3)12(14)18/h5-7H,4,8-9H2,1-3H3,(H2,14,18)(H2,15,16,17). The fraction of sp³-hybridized carbons (Fsp3) is 0.538. The molecule has 18 heavy (non-hydrogen) atoms. The number of hydrogen-bond acceptors (Lipinski definition) is 4. The number of carbonyl (C=O) groups is 1. The SMILES string of the molecule is CCCNc1cccc(NCC(C)(C)C(N)=O)n1. The number of pyridine rings is 1. The van der Waals surface area contributed by atoms with Crippen LogP contribution in [0.3, 0.4) is 0 Å². The normalized spacial score (nSPS) is 11.1. The highest BCUT2D eigenvalue weighted by Crippen LogP contribution is 2.16. The molecule has 0 aromatic carbocycles. The molecule has 0 spiro atoms. The summed E-state index contributed by atoms with van der Waals surface area (Å²) in [5.74, 6) is 1.25. The van der Waals surface area contributed by atoms with Crippen molar-refractivity contribution in [3.05, 3.63) is 18.2 Å². The molecular formula is C13H22N4O. The molecule has 0 saturated carbocycles. The molecule has 0 aliphatic rings. The van der Waals surface area contributed by atoms with Crippen LogP contribution in [-0.4, -0.2) is 24.0 Å². The molecule has 1 heterocycles. The molecule has 4 N–H and O–H groups in total. The number of nitrogens with zero attached hydrogens (tertiary/aromatic N) is 1. The quantitative estimate of drug-likeness (QED) is 0.689. The van der Waals surface area contributed by atoms with E-state index in [1.54, 1.807) is 0 Å². The van der Waals surface area contributed by atoms with E-state index in [0.29, 0.717) is 6.54 Å². The Kier molecular flexibility index (Phi) is 4.95. The topological polar surface area (TPSA) is 80.0 Å². The third kappa shape index (κ3) is 4.24. The van der Waals surface area contributed by atoms with Crippen LogP contribution in [0.1, 0.15) is 27.2 Å². The number of amides is 1. The number of primary amides is 1. The highest BCUT2D eigenvalue weighted by Gasteiger charge is 2.24. The van der Waals surface area contributed by atoms with Gasteiger partial charge in [-0.15, -0.1) is 0 Å². The summed E-state index contributed by atoms with van der Waals surface area (Å²) in [6.07, 6.45) is 1.05. The number of hydrogen-bond donors (Lipinski definition) is 3. The van der Waals surface area contributed by atoms with E-state index < -0.39 is 5.41 Å². The van der Waals surface area contributed by atoms with E-state index in [0.717, 1.165) is 24.6 Å². The lowest BCUT2D eigenvalue weighted by Crippen LogP contribution is -2.37. The first-order valence-corrected chi connectivity index (χ1v) is 6.20. The molecule has 5 heteroatoms. The zero-order valence-corrected chi connectivity index (χ0v) is 11.3. The van der Waals surface area contributed by atoms with Crippen LogP contribution >= 0.6 is 0 Å². The van der Waals surface area contributed by atoms with Gasteiger partial charge in [0.05, 0.1) is 5.41 Å². The van der Waals surface area contributed by atoms with E-state index in [9.17, 15) is 4.79 Å². The van der Waals surface area contributed by atoms with Crippen molar-refractivity contribution in [1.82, 2.24) is 4.98 Å². The molecule has 0 radical (unpaired) electrons. The minimum absolute atomic E-state index is 0.324. The Balaban J connectivity index is 2.60. The van der Waals surface area contributed by atoms with Gasteiger partial charge in [0.1, 0.15) is 11.6 Å². The fourth-order valence-corrected chi connectivity index (χ4v) is 1.28. The van der Waals surface area contributed by atoms with Crippen molar-refractivity contribution in [2.75, 3.05) is 23.7 Å². The number of anilines is 2. The molecule has 100 valence electrons. The molecule has 1 amide bonds. The van der Waals surface area contributed by atoms with Crippen LogP contribution in [0.2, 0.25) is 0 Å². The number of aromatic nitrogens is 1. The van der Waals surface area contributed by atoms with E-state index in [2.05, 4.69) is 22.5 Å². The molecular weight excluding hydrogens is 228 g/mol. The van der Waals surface area contributed by atoms with E-state index in [-0.39, 0.29) is 5.91 Å². The maximum absolute atomic E-state index is 11.2. The van der Waals surface area contributed by atoms with Crippen molar-refractivity contribution in [3.8, 4) is 0 Å². The second-order valence-electron chi connectivity index (χ2n) is 4.94. The minimum atomic E-state index is -0.589. The molecule has 1 aromatic rings. The van der Waals surface area contributed by atoms with Gasteiger partial charge in [0.2, 0.25) is 5.91 Å². The third-order valence-corrected chi connectivity index (χ3v) is 2.68. The van der Waals surface area contributed by atoms with E-state index in [1.165, 1.54) is 0 Å². The van der Waals surface area contributed by atoms with Crippen molar-refractivity contribution in [2.45, 2.75) is 27.2 Å². The predicted molar refractivity (Wildman–Crippen MR) is 74.5 cm³/mol. The van der Waals surface area contributed by atoms with Crippen molar-refractivity contribution in [3.63, 3.8) is 0 Å². The van der Waals surface area contributed by atoms with Gasteiger partial charge in [-0.2, -0.15) is 0 Å². The van der Waals surface area contributed by atoms with Gasteiger partial charge in [-0.1, -0.05) is 13.0 Å². The monoisotopic (exact) mass is 250 g/mol. The summed E-state index contributed by atoms with van der Waals surface area (Å²) in [5.41, 5.74) is 4.73. The van der Waals surface area contributed by atoms with Gasteiger partial charge in [0.15, 0.2) is 0 Å². The Morgan fingerprint density at radius 1 is 1.33 bits per heavy atom. The van der Waals surface area contributed by atoms with Crippen LogP contribution in [-0.2, 0) is 4.79 Å². The van der Waals surface area contributed by atoms with E-state index in [1.807, 2.05) is 32.0 Å². The molecule has 0 bridgehead atoms. The smallest absolute Gasteiger partial charge is 0.224 e. The first-order chi connectivity index (χ1) is 8.45. The molecule has 0 aliphatic heterocycles. The van der Waals surface area contributed by atoms with Gasteiger partial charge in [0, 0.05) is 13.1 Å². The third-order valence-electron chi connectivity index (χ3n) is 2.68. The average Bonchev–Trinajstić information content (AvgIpc) is 2.34. The number of carbonyl (C=O) groups excluding carboxylic acids is 1. The summed E-state index contributed by atoms with van der Waals surface area (Å²) >= 11 is 0. The molecule has 0 aliphatic carbocycles. The highest BCUT2D eigenvalue weighted by molar-refractivity contribution is 5.80. The number of rotatable bonds is 7. The largest absolute Gasteiger partial charge is 0.370 e. The van der Waals surface area contributed by atoms with Crippen LogP contribution in [0.5, 0.6) is 0 Å². The maximum Gasteiger partial charge on any atom is 0.224 e. The molecule has 1 rings (SSSR count).